The summed E-state index contributed by atoms with van der Waals surface area (Å²) >= 11 is 0. The first-order chi connectivity index (χ1) is 4.84. The van der Waals surface area contributed by atoms with Crippen LogP contribution in [0.15, 0.2) is 6.33 Å². The van der Waals surface area contributed by atoms with Crippen molar-refractivity contribution in [2.75, 3.05) is 11.9 Å². The second-order valence-electron chi connectivity index (χ2n) is 2.19. The van der Waals surface area contributed by atoms with Gasteiger partial charge in [0, 0.05) is 13.6 Å². The number of aryl methyl sites for hydroxylation is 1. The van der Waals surface area contributed by atoms with Crippen molar-refractivity contribution >= 4 is 5.95 Å². The second-order valence-corrected chi connectivity index (χ2v) is 2.19. The van der Waals surface area contributed by atoms with E-state index in [1.807, 2.05) is 11.6 Å². The van der Waals surface area contributed by atoms with E-state index in [-0.39, 0.29) is 0 Å². The normalized spacial score (nSPS) is 9.80. The highest BCUT2D eigenvalue weighted by Gasteiger charge is 1.95. The van der Waals surface area contributed by atoms with Gasteiger partial charge in [-0.15, -0.1) is 10.2 Å². The molecule has 10 heavy (non-hydrogen) atoms. The Morgan fingerprint density at radius 1 is 1.70 bits per heavy atom. The van der Waals surface area contributed by atoms with Crippen LogP contribution in [0.5, 0.6) is 0 Å². The Hall–Kier alpha value is -1.06. The molecule has 4 heteroatoms. The molecule has 56 valence electrons. The van der Waals surface area contributed by atoms with E-state index in [0.717, 1.165) is 18.9 Å². The van der Waals surface area contributed by atoms with Gasteiger partial charge in [0.25, 0.3) is 0 Å². The second kappa shape index (κ2) is 3.20. The van der Waals surface area contributed by atoms with Crippen molar-refractivity contribution in [3.63, 3.8) is 0 Å². The summed E-state index contributed by atoms with van der Waals surface area (Å²) in [6, 6.07) is 0. The summed E-state index contributed by atoms with van der Waals surface area (Å²) in [6.07, 6.45) is 2.78. The molecule has 0 unspecified atom stereocenters. The van der Waals surface area contributed by atoms with Gasteiger partial charge < -0.3 is 9.88 Å². The molecule has 0 fully saturated rings. The Bertz CT molecular complexity index is 193. The summed E-state index contributed by atoms with van der Waals surface area (Å²) in [6.45, 7) is 3.07. The summed E-state index contributed by atoms with van der Waals surface area (Å²) in [7, 11) is 1.91. The van der Waals surface area contributed by atoms with E-state index in [4.69, 9.17) is 0 Å². The van der Waals surface area contributed by atoms with Crippen LogP contribution in [-0.4, -0.2) is 21.3 Å². The fraction of sp³-hybridized carbons (Fsp3) is 0.667. The molecule has 0 aromatic carbocycles. The summed E-state index contributed by atoms with van der Waals surface area (Å²) in [5.74, 6) is 0.835. The molecule has 0 aliphatic heterocycles. The van der Waals surface area contributed by atoms with E-state index in [0.29, 0.717) is 0 Å². The lowest BCUT2D eigenvalue weighted by molar-refractivity contribution is 0.880. The molecule has 0 aliphatic carbocycles. The number of rotatable bonds is 3. The first-order valence-electron chi connectivity index (χ1n) is 3.42. The van der Waals surface area contributed by atoms with Crippen LogP contribution in [0.3, 0.4) is 0 Å². The van der Waals surface area contributed by atoms with Crippen molar-refractivity contribution in [2.45, 2.75) is 13.3 Å². The van der Waals surface area contributed by atoms with Gasteiger partial charge in [0.1, 0.15) is 6.33 Å². The Morgan fingerprint density at radius 3 is 3.00 bits per heavy atom. The summed E-state index contributed by atoms with van der Waals surface area (Å²) in [5.41, 5.74) is 0. The van der Waals surface area contributed by atoms with E-state index in [1.54, 1.807) is 6.33 Å². The molecule has 4 nitrogen and oxygen atoms in total. The van der Waals surface area contributed by atoms with E-state index in [1.165, 1.54) is 0 Å². The summed E-state index contributed by atoms with van der Waals surface area (Å²) in [4.78, 5) is 0. The Kier molecular flexibility index (Phi) is 2.25. The van der Waals surface area contributed by atoms with Crippen LogP contribution in [0.25, 0.3) is 0 Å². The summed E-state index contributed by atoms with van der Waals surface area (Å²) < 4.78 is 1.86. The third kappa shape index (κ3) is 1.46. The summed E-state index contributed by atoms with van der Waals surface area (Å²) in [5, 5.41) is 10.7. The molecule has 0 bridgehead atoms. The molecular formula is C6H12N4. The fourth-order valence-corrected chi connectivity index (χ4v) is 0.680. The zero-order valence-electron chi connectivity index (χ0n) is 6.33. The van der Waals surface area contributed by atoms with Gasteiger partial charge in [-0.3, -0.25) is 0 Å². The highest BCUT2D eigenvalue weighted by Crippen LogP contribution is 1.96. The van der Waals surface area contributed by atoms with E-state index >= 15 is 0 Å². The molecule has 0 spiro atoms. The van der Waals surface area contributed by atoms with Crippen LogP contribution in [0.2, 0.25) is 0 Å². The van der Waals surface area contributed by atoms with Gasteiger partial charge >= 0.3 is 0 Å². The maximum absolute atomic E-state index is 3.86. The number of nitrogens with one attached hydrogen (secondary N) is 1. The lowest BCUT2D eigenvalue weighted by Gasteiger charge is -2.00. The van der Waals surface area contributed by atoms with Crippen LogP contribution < -0.4 is 5.32 Å². The molecule has 1 aromatic heterocycles. The number of aromatic nitrogens is 3. The van der Waals surface area contributed by atoms with Gasteiger partial charge in [-0.1, -0.05) is 6.92 Å². The maximum Gasteiger partial charge on any atom is 0.224 e. The minimum Gasteiger partial charge on any atom is -0.354 e. The molecule has 0 amide bonds. The Labute approximate surface area is 60.3 Å². The number of hydrogen-bond acceptors (Lipinski definition) is 3. The van der Waals surface area contributed by atoms with Gasteiger partial charge in [0.05, 0.1) is 0 Å². The molecule has 0 saturated heterocycles. The molecule has 0 atom stereocenters. The van der Waals surface area contributed by atoms with Crippen LogP contribution in [-0.2, 0) is 7.05 Å². The van der Waals surface area contributed by atoms with Crippen molar-refractivity contribution in [1.82, 2.24) is 14.8 Å². The molecule has 0 aliphatic rings. The maximum atomic E-state index is 3.86. The molecule has 1 rings (SSSR count). The smallest absolute Gasteiger partial charge is 0.224 e. The molecule has 1 heterocycles. The predicted molar refractivity (Wildman–Crippen MR) is 39.8 cm³/mol. The van der Waals surface area contributed by atoms with Crippen molar-refractivity contribution in [3.05, 3.63) is 6.33 Å². The zero-order valence-corrected chi connectivity index (χ0v) is 6.33. The van der Waals surface area contributed by atoms with Crippen molar-refractivity contribution in [3.8, 4) is 0 Å². The number of hydrogen-bond donors (Lipinski definition) is 1. The SMILES string of the molecule is CCCNc1nncn1C. The topological polar surface area (TPSA) is 42.7 Å². The van der Waals surface area contributed by atoms with Crippen LogP contribution in [0.1, 0.15) is 13.3 Å². The highest BCUT2D eigenvalue weighted by atomic mass is 15.3. The molecule has 1 N–H and O–H groups in total. The molecule has 1 aromatic rings. The van der Waals surface area contributed by atoms with Crippen LogP contribution in [0, 0.1) is 0 Å². The third-order valence-corrected chi connectivity index (χ3v) is 1.24. The van der Waals surface area contributed by atoms with E-state index in [2.05, 4.69) is 22.4 Å². The minimum absolute atomic E-state index is 0.835. The van der Waals surface area contributed by atoms with E-state index < -0.39 is 0 Å². The van der Waals surface area contributed by atoms with Gasteiger partial charge in [0.2, 0.25) is 5.95 Å². The lowest BCUT2D eigenvalue weighted by Crippen LogP contribution is -2.04. The van der Waals surface area contributed by atoms with Crippen LogP contribution in [0.4, 0.5) is 5.95 Å². The average Bonchev–Trinajstić information content (AvgIpc) is 2.31. The third-order valence-electron chi connectivity index (χ3n) is 1.24. The van der Waals surface area contributed by atoms with E-state index in [9.17, 15) is 0 Å². The van der Waals surface area contributed by atoms with Gasteiger partial charge in [0.15, 0.2) is 0 Å². The standard InChI is InChI=1S/C6H12N4/c1-3-4-7-6-9-8-5-10(6)2/h5H,3-4H2,1-2H3,(H,7,9). The lowest BCUT2D eigenvalue weighted by atomic mass is 10.5. The Morgan fingerprint density at radius 2 is 2.50 bits per heavy atom. The van der Waals surface area contributed by atoms with Gasteiger partial charge in [-0.25, -0.2) is 0 Å². The van der Waals surface area contributed by atoms with Crippen molar-refractivity contribution < 1.29 is 0 Å². The average molecular weight is 140 g/mol. The fourth-order valence-electron chi connectivity index (χ4n) is 0.680. The van der Waals surface area contributed by atoms with Crippen molar-refractivity contribution in [2.24, 2.45) is 7.05 Å². The van der Waals surface area contributed by atoms with Gasteiger partial charge in [-0.05, 0) is 6.42 Å². The van der Waals surface area contributed by atoms with Crippen molar-refractivity contribution in [1.29, 1.82) is 0 Å². The first kappa shape index (κ1) is 7.05. The Balaban J connectivity index is 2.49. The molecular weight excluding hydrogens is 128 g/mol. The minimum atomic E-state index is 0.835. The predicted octanol–water partition coefficient (Wildman–Crippen LogP) is 0.637. The number of anilines is 1. The van der Waals surface area contributed by atoms with Gasteiger partial charge in [-0.2, -0.15) is 0 Å². The largest absolute Gasteiger partial charge is 0.354 e. The molecule has 0 radical (unpaired) electrons. The zero-order chi connectivity index (χ0) is 7.40. The first-order valence-corrected chi connectivity index (χ1v) is 3.42. The monoisotopic (exact) mass is 140 g/mol. The molecule has 0 saturated carbocycles. The number of nitrogens with zero attached hydrogens (tertiary/aromatic N) is 3. The van der Waals surface area contributed by atoms with Crippen LogP contribution >= 0.6 is 0 Å². The highest BCUT2D eigenvalue weighted by molar-refractivity contribution is 5.21. The quantitative estimate of drug-likeness (QED) is 0.669.